The van der Waals surface area contributed by atoms with Crippen LogP contribution in [0.1, 0.15) is 23.3 Å². The molecule has 116 valence electrons. The summed E-state index contributed by atoms with van der Waals surface area (Å²) >= 11 is 0. The lowest BCUT2D eigenvalue weighted by Gasteiger charge is -2.37. The Morgan fingerprint density at radius 3 is 2.90 bits per heavy atom. The molecule has 1 amide bonds. The molecule has 1 aromatic rings. The van der Waals surface area contributed by atoms with Crippen molar-refractivity contribution >= 4 is 5.91 Å². The van der Waals surface area contributed by atoms with Gasteiger partial charge in [0, 0.05) is 52.6 Å². The van der Waals surface area contributed by atoms with E-state index < -0.39 is 0 Å². The van der Waals surface area contributed by atoms with E-state index in [1.807, 2.05) is 4.90 Å². The van der Waals surface area contributed by atoms with Gasteiger partial charge in [-0.3, -0.25) is 9.48 Å². The van der Waals surface area contributed by atoms with Gasteiger partial charge >= 0.3 is 0 Å². The van der Waals surface area contributed by atoms with Gasteiger partial charge in [0.1, 0.15) is 5.69 Å². The van der Waals surface area contributed by atoms with Gasteiger partial charge in [-0.1, -0.05) is 0 Å². The molecule has 2 aliphatic rings. The second-order valence-electron chi connectivity index (χ2n) is 6.15. The molecule has 6 heteroatoms. The van der Waals surface area contributed by atoms with Crippen LogP contribution < -0.4 is 0 Å². The first-order valence-corrected chi connectivity index (χ1v) is 7.50. The van der Waals surface area contributed by atoms with Crippen LogP contribution in [-0.4, -0.2) is 60.6 Å². The van der Waals surface area contributed by atoms with Gasteiger partial charge < -0.3 is 14.4 Å². The van der Waals surface area contributed by atoms with E-state index in [0.29, 0.717) is 18.2 Å². The summed E-state index contributed by atoms with van der Waals surface area (Å²) in [4.78, 5) is 14.7. The topological polar surface area (TPSA) is 56.6 Å². The number of amides is 1. The van der Waals surface area contributed by atoms with Gasteiger partial charge in [0.15, 0.2) is 0 Å². The predicted molar refractivity (Wildman–Crippen MR) is 77.0 cm³/mol. The van der Waals surface area contributed by atoms with Gasteiger partial charge in [-0.15, -0.1) is 0 Å². The standard InChI is InChI=1S/C15H23N3O3/c1-17-13(3-6-16-17)14(19)18-9-12(10-20-2)15(11-18)4-7-21-8-5-15/h3,6,12H,4-5,7-11H2,1-2H3. The van der Waals surface area contributed by atoms with Gasteiger partial charge in [0.25, 0.3) is 5.91 Å². The van der Waals surface area contributed by atoms with Gasteiger partial charge in [-0.25, -0.2) is 0 Å². The van der Waals surface area contributed by atoms with Crippen LogP contribution in [0.15, 0.2) is 12.3 Å². The fourth-order valence-electron chi connectivity index (χ4n) is 3.71. The Morgan fingerprint density at radius 2 is 2.29 bits per heavy atom. The van der Waals surface area contributed by atoms with Crippen LogP contribution in [0.5, 0.6) is 0 Å². The average Bonchev–Trinajstić information content (AvgIpc) is 3.05. The van der Waals surface area contributed by atoms with Crippen LogP contribution in [0, 0.1) is 11.3 Å². The molecule has 6 nitrogen and oxygen atoms in total. The zero-order valence-electron chi connectivity index (χ0n) is 12.7. The number of aromatic nitrogens is 2. The van der Waals surface area contributed by atoms with E-state index in [1.165, 1.54) is 0 Å². The highest BCUT2D eigenvalue weighted by atomic mass is 16.5. The summed E-state index contributed by atoms with van der Waals surface area (Å²) in [5.74, 6) is 0.461. The third-order valence-corrected chi connectivity index (χ3v) is 5.00. The molecular formula is C15H23N3O3. The van der Waals surface area contributed by atoms with Crippen molar-refractivity contribution in [3.05, 3.63) is 18.0 Å². The Morgan fingerprint density at radius 1 is 1.52 bits per heavy atom. The average molecular weight is 293 g/mol. The maximum absolute atomic E-state index is 12.7. The second kappa shape index (κ2) is 5.77. The zero-order chi connectivity index (χ0) is 14.9. The SMILES string of the molecule is COCC1CN(C(=O)c2ccnn2C)CC12CCOCC2. The van der Waals surface area contributed by atoms with Crippen molar-refractivity contribution in [3.8, 4) is 0 Å². The molecule has 0 aromatic carbocycles. The van der Waals surface area contributed by atoms with Gasteiger partial charge in [-0.05, 0) is 24.3 Å². The van der Waals surface area contributed by atoms with Crippen LogP contribution in [-0.2, 0) is 16.5 Å². The molecule has 2 saturated heterocycles. The number of aryl methyl sites for hydroxylation is 1. The summed E-state index contributed by atoms with van der Waals surface area (Å²) in [6, 6.07) is 1.78. The normalized spacial score (nSPS) is 24.7. The Bertz CT molecular complexity index is 508. The molecule has 0 bridgehead atoms. The van der Waals surface area contributed by atoms with E-state index in [9.17, 15) is 4.79 Å². The van der Waals surface area contributed by atoms with E-state index in [2.05, 4.69) is 5.10 Å². The summed E-state index contributed by atoms with van der Waals surface area (Å²) < 4.78 is 12.6. The monoisotopic (exact) mass is 293 g/mol. The van der Waals surface area contributed by atoms with E-state index in [0.717, 1.165) is 39.1 Å². The number of hydrogen-bond donors (Lipinski definition) is 0. The maximum Gasteiger partial charge on any atom is 0.272 e. The Labute approximate surface area is 125 Å². The Hall–Kier alpha value is -1.40. The van der Waals surface area contributed by atoms with E-state index in [1.54, 1.807) is 31.1 Å². The summed E-state index contributed by atoms with van der Waals surface area (Å²) in [5, 5.41) is 4.09. The van der Waals surface area contributed by atoms with Crippen molar-refractivity contribution in [1.82, 2.24) is 14.7 Å². The third-order valence-electron chi connectivity index (χ3n) is 5.00. The predicted octanol–water partition coefficient (Wildman–Crippen LogP) is 0.935. The van der Waals surface area contributed by atoms with Crippen molar-refractivity contribution in [2.24, 2.45) is 18.4 Å². The minimum Gasteiger partial charge on any atom is -0.384 e. The summed E-state index contributed by atoms with van der Waals surface area (Å²) in [6.45, 7) is 3.84. The maximum atomic E-state index is 12.7. The van der Waals surface area contributed by atoms with Gasteiger partial charge in [-0.2, -0.15) is 5.10 Å². The van der Waals surface area contributed by atoms with Gasteiger partial charge in [0.05, 0.1) is 6.61 Å². The molecule has 1 aromatic heterocycles. The van der Waals surface area contributed by atoms with Crippen LogP contribution in [0.3, 0.4) is 0 Å². The second-order valence-corrected chi connectivity index (χ2v) is 6.15. The minimum absolute atomic E-state index is 0.0690. The zero-order valence-corrected chi connectivity index (χ0v) is 12.7. The van der Waals surface area contributed by atoms with Crippen LogP contribution in [0.4, 0.5) is 0 Å². The molecule has 2 fully saturated rings. The lowest BCUT2D eigenvalue weighted by molar-refractivity contribution is -0.0169. The van der Waals surface area contributed by atoms with E-state index in [-0.39, 0.29) is 11.3 Å². The fraction of sp³-hybridized carbons (Fsp3) is 0.733. The number of rotatable bonds is 3. The minimum atomic E-state index is 0.0690. The largest absolute Gasteiger partial charge is 0.384 e. The van der Waals surface area contributed by atoms with Gasteiger partial charge in [0.2, 0.25) is 0 Å². The molecule has 1 unspecified atom stereocenters. The first-order chi connectivity index (χ1) is 10.2. The fourth-order valence-corrected chi connectivity index (χ4v) is 3.71. The van der Waals surface area contributed by atoms with E-state index >= 15 is 0 Å². The molecule has 0 N–H and O–H groups in total. The van der Waals surface area contributed by atoms with Crippen molar-refractivity contribution in [3.63, 3.8) is 0 Å². The summed E-state index contributed by atoms with van der Waals surface area (Å²) in [7, 11) is 3.54. The number of nitrogens with zero attached hydrogens (tertiary/aromatic N) is 3. The summed E-state index contributed by atoms with van der Waals surface area (Å²) in [5.41, 5.74) is 0.804. The van der Waals surface area contributed by atoms with Crippen LogP contribution in [0.2, 0.25) is 0 Å². The molecule has 0 aliphatic carbocycles. The lowest BCUT2D eigenvalue weighted by Crippen LogP contribution is -2.39. The summed E-state index contributed by atoms with van der Waals surface area (Å²) in [6.07, 6.45) is 3.69. The molecule has 1 spiro atoms. The number of ether oxygens (including phenoxy) is 2. The Balaban J connectivity index is 1.79. The number of methoxy groups -OCH3 is 1. The van der Waals surface area contributed by atoms with E-state index in [4.69, 9.17) is 9.47 Å². The molecule has 2 aliphatic heterocycles. The van der Waals surface area contributed by atoms with Crippen LogP contribution in [0.25, 0.3) is 0 Å². The molecule has 21 heavy (non-hydrogen) atoms. The van der Waals surface area contributed by atoms with Crippen molar-refractivity contribution in [2.45, 2.75) is 12.8 Å². The Kier molecular flexibility index (Phi) is 3.99. The molecule has 0 saturated carbocycles. The number of likely N-dealkylation sites (tertiary alicyclic amines) is 1. The highest BCUT2D eigenvalue weighted by Crippen LogP contribution is 2.44. The van der Waals surface area contributed by atoms with Crippen molar-refractivity contribution in [2.75, 3.05) is 40.0 Å². The molecule has 3 heterocycles. The van der Waals surface area contributed by atoms with Crippen molar-refractivity contribution < 1.29 is 14.3 Å². The first kappa shape index (κ1) is 14.5. The molecule has 3 rings (SSSR count). The van der Waals surface area contributed by atoms with Crippen molar-refractivity contribution in [1.29, 1.82) is 0 Å². The van der Waals surface area contributed by atoms with Crippen LogP contribution >= 0.6 is 0 Å². The molecular weight excluding hydrogens is 270 g/mol. The highest BCUT2D eigenvalue weighted by molar-refractivity contribution is 5.92. The lowest BCUT2D eigenvalue weighted by atomic mass is 9.72. The molecule has 0 radical (unpaired) electrons. The number of hydrogen-bond acceptors (Lipinski definition) is 4. The molecule has 1 atom stereocenters. The third kappa shape index (κ3) is 2.58. The smallest absolute Gasteiger partial charge is 0.272 e. The number of carbonyl (C=O) groups is 1. The number of carbonyl (C=O) groups excluding carboxylic acids is 1. The first-order valence-electron chi connectivity index (χ1n) is 7.50. The quantitative estimate of drug-likeness (QED) is 0.832. The highest BCUT2D eigenvalue weighted by Gasteiger charge is 2.48.